The zero-order chi connectivity index (χ0) is 20.4. The predicted octanol–water partition coefficient (Wildman–Crippen LogP) is 3.26. The summed E-state index contributed by atoms with van der Waals surface area (Å²) in [7, 11) is 0. The molecule has 0 atom stereocenters. The van der Waals surface area contributed by atoms with E-state index in [9.17, 15) is 4.79 Å². The van der Waals surface area contributed by atoms with Gasteiger partial charge in [0.2, 0.25) is 0 Å². The van der Waals surface area contributed by atoms with Gasteiger partial charge in [-0.05, 0) is 45.4 Å². The molecule has 0 radical (unpaired) electrons. The Kier molecular flexibility index (Phi) is 10.9. The average Bonchev–Trinajstić information content (AvgIpc) is 3.16. The molecule has 0 fully saturated rings. The molecule has 0 spiro atoms. The highest BCUT2D eigenvalue weighted by atomic mass is 127. The summed E-state index contributed by atoms with van der Waals surface area (Å²) in [6.07, 6.45) is 3.96. The van der Waals surface area contributed by atoms with Gasteiger partial charge in [0.25, 0.3) is 0 Å². The Morgan fingerprint density at radius 3 is 2.48 bits per heavy atom. The third kappa shape index (κ3) is 9.87. The number of ether oxygens (including phenoxy) is 1. The maximum atomic E-state index is 11.7. The Balaban J connectivity index is 0.00000420. The second-order valence-corrected chi connectivity index (χ2v) is 7.60. The minimum absolute atomic E-state index is 0. The lowest BCUT2D eigenvalue weighted by Gasteiger charge is -2.20. The maximum absolute atomic E-state index is 11.7. The van der Waals surface area contributed by atoms with E-state index in [2.05, 4.69) is 62.3 Å². The van der Waals surface area contributed by atoms with Crippen LogP contribution < -0.4 is 20.9 Å². The molecule has 0 aromatic heterocycles. The molecule has 0 aliphatic carbocycles. The van der Waals surface area contributed by atoms with E-state index in [-0.39, 0.29) is 24.0 Å². The smallest absolute Gasteiger partial charge is 0.407 e. The van der Waals surface area contributed by atoms with Crippen molar-refractivity contribution in [3.63, 3.8) is 0 Å². The van der Waals surface area contributed by atoms with Gasteiger partial charge in [-0.25, -0.2) is 9.79 Å². The lowest BCUT2D eigenvalue weighted by Crippen LogP contribution is -2.42. The van der Waals surface area contributed by atoms with Crippen LogP contribution >= 0.6 is 24.0 Å². The zero-order valence-corrected chi connectivity index (χ0v) is 20.2. The van der Waals surface area contributed by atoms with E-state index in [0.717, 1.165) is 31.2 Å². The number of hydrogen-bond acceptors (Lipinski definition) is 4. The van der Waals surface area contributed by atoms with Gasteiger partial charge in [-0.15, -0.1) is 24.0 Å². The number of rotatable bonds is 7. The largest absolute Gasteiger partial charge is 0.444 e. The predicted molar refractivity (Wildman–Crippen MR) is 130 cm³/mol. The van der Waals surface area contributed by atoms with Crippen LogP contribution in [0.4, 0.5) is 10.5 Å². The fourth-order valence-corrected chi connectivity index (χ4v) is 2.71. The van der Waals surface area contributed by atoms with Crippen molar-refractivity contribution in [1.29, 1.82) is 0 Å². The Hall–Kier alpha value is -1.97. The Morgan fingerprint density at radius 2 is 1.83 bits per heavy atom. The van der Waals surface area contributed by atoms with Crippen molar-refractivity contribution < 1.29 is 9.53 Å². The highest BCUT2D eigenvalue weighted by Crippen LogP contribution is 2.18. The molecule has 1 amide bonds. The summed E-state index contributed by atoms with van der Waals surface area (Å²) in [5, 5.41) is 9.18. The third-order valence-electron chi connectivity index (χ3n) is 3.94. The van der Waals surface area contributed by atoms with Crippen LogP contribution in [0.15, 0.2) is 41.4 Å². The molecule has 0 saturated carbocycles. The SMILES string of the molecule is CCNC(=NCc1cccc(N2CC=CC2)c1)NCCNC(=O)OC(C)(C)C.I. The molecule has 8 heteroatoms. The van der Waals surface area contributed by atoms with Crippen molar-refractivity contribution >= 4 is 41.7 Å². The number of hydrogen-bond donors (Lipinski definition) is 3. The van der Waals surface area contributed by atoms with Crippen LogP contribution in [0.3, 0.4) is 0 Å². The first kappa shape index (κ1) is 25.1. The number of amides is 1. The van der Waals surface area contributed by atoms with Gasteiger partial charge in [0.1, 0.15) is 5.60 Å². The van der Waals surface area contributed by atoms with Crippen LogP contribution in [0.5, 0.6) is 0 Å². The number of carbonyl (C=O) groups is 1. The third-order valence-corrected chi connectivity index (χ3v) is 3.94. The van der Waals surface area contributed by atoms with E-state index in [4.69, 9.17) is 4.74 Å². The summed E-state index contributed by atoms with van der Waals surface area (Å²) in [6, 6.07) is 8.48. The fourth-order valence-electron chi connectivity index (χ4n) is 2.71. The highest BCUT2D eigenvalue weighted by Gasteiger charge is 2.15. The molecule has 162 valence electrons. The van der Waals surface area contributed by atoms with Gasteiger partial charge >= 0.3 is 6.09 Å². The van der Waals surface area contributed by atoms with E-state index in [1.807, 2.05) is 27.7 Å². The molecule has 1 aliphatic rings. The molecule has 0 saturated heterocycles. The Bertz CT molecular complexity index is 693. The average molecular weight is 515 g/mol. The van der Waals surface area contributed by atoms with Gasteiger partial charge < -0.3 is 25.6 Å². The quantitative estimate of drug-likeness (QED) is 0.171. The number of anilines is 1. The summed E-state index contributed by atoms with van der Waals surface area (Å²) >= 11 is 0. The van der Waals surface area contributed by atoms with Gasteiger partial charge in [-0.3, -0.25) is 0 Å². The van der Waals surface area contributed by atoms with Crippen molar-refractivity contribution in [3.8, 4) is 0 Å². The number of alkyl carbamates (subject to hydrolysis) is 1. The minimum atomic E-state index is -0.492. The lowest BCUT2D eigenvalue weighted by atomic mass is 10.2. The number of halogens is 1. The lowest BCUT2D eigenvalue weighted by molar-refractivity contribution is 0.0529. The number of nitrogens with one attached hydrogen (secondary N) is 3. The molecule has 0 bridgehead atoms. The minimum Gasteiger partial charge on any atom is -0.444 e. The topological polar surface area (TPSA) is 78.0 Å². The number of carbonyl (C=O) groups excluding carboxylic acids is 1. The first-order chi connectivity index (χ1) is 13.4. The molecule has 0 unspecified atom stereocenters. The fraction of sp³-hybridized carbons (Fsp3) is 0.524. The van der Waals surface area contributed by atoms with E-state index in [0.29, 0.717) is 19.6 Å². The number of benzene rings is 1. The van der Waals surface area contributed by atoms with E-state index in [1.54, 1.807) is 0 Å². The monoisotopic (exact) mass is 515 g/mol. The summed E-state index contributed by atoms with van der Waals surface area (Å²) < 4.78 is 5.22. The van der Waals surface area contributed by atoms with E-state index in [1.165, 1.54) is 5.69 Å². The zero-order valence-electron chi connectivity index (χ0n) is 17.8. The summed E-state index contributed by atoms with van der Waals surface area (Å²) in [5.41, 5.74) is 1.89. The molecule has 1 aliphatic heterocycles. The molecule has 3 N–H and O–H groups in total. The molecule has 2 rings (SSSR count). The first-order valence-corrected chi connectivity index (χ1v) is 9.85. The van der Waals surface area contributed by atoms with Gasteiger partial charge in [-0.1, -0.05) is 24.3 Å². The van der Waals surface area contributed by atoms with Crippen LogP contribution in [0.25, 0.3) is 0 Å². The first-order valence-electron chi connectivity index (χ1n) is 9.85. The molecular formula is C21H34IN5O2. The summed E-state index contributed by atoms with van der Waals surface area (Å²) in [6.45, 7) is 11.8. The van der Waals surface area contributed by atoms with Crippen molar-refractivity contribution in [2.24, 2.45) is 4.99 Å². The van der Waals surface area contributed by atoms with Crippen molar-refractivity contribution in [2.75, 3.05) is 37.6 Å². The standard InChI is InChI=1S/C21H33N5O2.HI/c1-5-22-19(23-11-12-24-20(27)28-21(2,3)4)25-16-17-9-8-10-18(15-17)26-13-6-7-14-26;/h6-10,15H,5,11-14,16H2,1-4H3,(H,24,27)(H2,22,23,25);1H. The van der Waals surface area contributed by atoms with Crippen molar-refractivity contribution in [2.45, 2.75) is 39.8 Å². The molecule has 29 heavy (non-hydrogen) atoms. The van der Waals surface area contributed by atoms with E-state index < -0.39 is 11.7 Å². The van der Waals surface area contributed by atoms with Crippen LogP contribution in [0, 0.1) is 0 Å². The molecule has 1 heterocycles. The van der Waals surface area contributed by atoms with Crippen molar-refractivity contribution in [3.05, 3.63) is 42.0 Å². The van der Waals surface area contributed by atoms with E-state index >= 15 is 0 Å². The van der Waals surface area contributed by atoms with Gasteiger partial charge in [-0.2, -0.15) is 0 Å². The molecule has 7 nitrogen and oxygen atoms in total. The number of nitrogens with zero attached hydrogens (tertiary/aromatic N) is 2. The second-order valence-electron chi connectivity index (χ2n) is 7.60. The Labute approximate surface area is 191 Å². The van der Waals surface area contributed by atoms with Crippen LogP contribution in [0.1, 0.15) is 33.3 Å². The van der Waals surface area contributed by atoms with Crippen LogP contribution in [-0.2, 0) is 11.3 Å². The van der Waals surface area contributed by atoms with Crippen molar-refractivity contribution in [1.82, 2.24) is 16.0 Å². The Morgan fingerprint density at radius 1 is 1.14 bits per heavy atom. The normalized spacial score (nSPS) is 13.7. The molecule has 1 aromatic carbocycles. The van der Waals surface area contributed by atoms with Gasteiger partial charge in [0.15, 0.2) is 5.96 Å². The number of guanidine groups is 1. The molecule has 1 aromatic rings. The second kappa shape index (κ2) is 12.6. The number of aliphatic imine (C=N–C) groups is 1. The maximum Gasteiger partial charge on any atom is 0.407 e. The summed E-state index contributed by atoms with van der Waals surface area (Å²) in [5.74, 6) is 0.724. The summed E-state index contributed by atoms with van der Waals surface area (Å²) in [4.78, 5) is 18.6. The van der Waals surface area contributed by atoms with Gasteiger partial charge in [0, 0.05) is 38.4 Å². The van der Waals surface area contributed by atoms with Crippen LogP contribution in [0.2, 0.25) is 0 Å². The van der Waals surface area contributed by atoms with Gasteiger partial charge in [0.05, 0.1) is 6.54 Å². The van der Waals surface area contributed by atoms with Crippen LogP contribution in [-0.4, -0.2) is 50.4 Å². The molecular weight excluding hydrogens is 481 g/mol. The highest BCUT2D eigenvalue weighted by molar-refractivity contribution is 14.0.